The van der Waals surface area contributed by atoms with Gasteiger partial charge in [-0.05, 0) is 18.2 Å². The molecule has 1 aromatic carbocycles. The molecule has 0 radical (unpaired) electrons. The quantitative estimate of drug-likeness (QED) is 0.362. The van der Waals surface area contributed by atoms with Crippen molar-refractivity contribution >= 4 is 17.3 Å². The van der Waals surface area contributed by atoms with Crippen LogP contribution in [0.3, 0.4) is 0 Å². The van der Waals surface area contributed by atoms with E-state index < -0.39 is 5.82 Å². The number of aromatic nitrogens is 2. The van der Waals surface area contributed by atoms with Crippen LogP contribution < -0.4 is 16.5 Å². The third-order valence-electron chi connectivity index (χ3n) is 2.51. The number of nitrogens with zero attached hydrogens (tertiary/aromatic N) is 3. The number of hydroxylamine groups is 1. The molecule has 0 aliphatic carbocycles. The van der Waals surface area contributed by atoms with Crippen LogP contribution in [0.1, 0.15) is 5.56 Å². The number of hydrogen-bond acceptors (Lipinski definition) is 5. The van der Waals surface area contributed by atoms with Crippen molar-refractivity contribution in [2.24, 2.45) is 5.73 Å². The molecule has 0 saturated carbocycles. The average molecular weight is 264 g/mol. The predicted octanol–water partition coefficient (Wildman–Crippen LogP) is 0.742. The molecule has 1 aromatic heterocycles. The zero-order valence-electron chi connectivity index (χ0n) is 9.92. The van der Waals surface area contributed by atoms with Gasteiger partial charge in [0, 0.05) is 12.1 Å². The highest BCUT2D eigenvalue weighted by Crippen LogP contribution is 2.18. The van der Waals surface area contributed by atoms with Crippen molar-refractivity contribution in [1.29, 1.82) is 5.41 Å². The first kappa shape index (κ1) is 13.0. The SMILES string of the molecule is N=C(N(O)c1ccc(F)c(CN)c1)n1cc(N)cn1. The summed E-state index contributed by atoms with van der Waals surface area (Å²) in [7, 11) is 0. The number of nitrogen functional groups attached to an aromatic ring is 1. The second-order valence-corrected chi connectivity index (χ2v) is 3.83. The molecule has 0 spiro atoms. The molecular formula is C11H13FN6O. The maximum atomic E-state index is 13.3. The highest BCUT2D eigenvalue weighted by molar-refractivity contribution is 5.92. The molecule has 0 atom stereocenters. The van der Waals surface area contributed by atoms with E-state index in [1.807, 2.05) is 0 Å². The molecule has 1 heterocycles. The Hall–Kier alpha value is -2.45. The molecule has 0 unspecified atom stereocenters. The Morgan fingerprint density at radius 2 is 2.26 bits per heavy atom. The second kappa shape index (κ2) is 5.04. The minimum Gasteiger partial charge on any atom is -0.396 e. The lowest BCUT2D eigenvalue weighted by Gasteiger charge is -2.18. The molecule has 100 valence electrons. The summed E-state index contributed by atoms with van der Waals surface area (Å²) in [4.78, 5) is 0. The number of nitrogens with one attached hydrogen (secondary N) is 1. The summed E-state index contributed by atoms with van der Waals surface area (Å²) >= 11 is 0. The molecular weight excluding hydrogens is 251 g/mol. The fraction of sp³-hybridized carbons (Fsp3) is 0.0909. The number of hydrogen-bond donors (Lipinski definition) is 4. The Morgan fingerprint density at radius 3 is 2.84 bits per heavy atom. The molecule has 19 heavy (non-hydrogen) atoms. The van der Waals surface area contributed by atoms with Gasteiger partial charge in [-0.3, -0.25) is 10.6 Å². The third kappa shape index (κ3) is 2.54. The van der Waals surface area contributed by atoms with Gasteiger partial charge in [0.05, 0.1) is 23.8 Å². The van der Waals surface area contributed by atoms with Gasteiger partial charge in [0.25, 0.3) is 0 Å². The van der Waals surface area contributed by atoms with Gasteiger partial charge >= 0.3 is 0 Å². The van der Waals surface area contributed by atoms with Gasteiger partial charge in [-0.25, -0.2) is 9.07 Å². The van der Waals surface area contributed by atoms with Crippen LogP contribution in [0.4, 0.5) is 15.8 Å². The van der Waals surface area contributed by atoms with Crippen molar-refractivity contribution in [3.8, 4) is 0 Å². The molecule has 0 fully saturated rings. The predicted molar refractivity (Wildman–Crippen MR) is 68.3 cm³/mol. The molecule has 7 nitrogen and oxygen atoms in total. The molecule has 2 rings (SSSR count). The maximum Gasteiger partial charge on any atom is 0.248 e. The van der Waals surface area contributed by atoms with Crippen LogP contribution in [-0.2, 0) is 6.54 Å². The van der Waals surface area contributed by atoms with Gasteiger partial charge in [0.2, 0.25) is 5.96 Å². The van der Waals surface area contributed by atoms with Crippen molar-refractivity contribution in [2.45, 2.75) is 6.54 Å². The van der Waals surface area contributed by atoms with Crippen molar-refractivity contribution in [3.63, 3.8) is 0 Å². The van der Waals surface area contributed by atoms with E-state index >= 15 is 0 Å². The molecule has 0 aliphatic heterocycles. The monoisotopic (exact) mass is 264 g/mol. The minimum absolute atomic E-state index is 0.00440. The van der Waals surface area contributed by atoms with E-state index in [0.29, 0.717) is 10.8 Å². The van der Waals surface area contributed by atoms with Crippen LogP contribution in [0.25, 0.3) is 0 Å². The lowest BCUT2D eigenvalue weighted by molar-refractivity contribution is 0.306. The van der Waals surface area contributed by atoms with Gasteiger partial charge in [-0.15, -0.1) is 0 Å². The van der Waals surface area contributed by atoms with Crippen molar-refractivity contribution in [1.82, 2.24) is 9.78 Å². The Morgan fingerprint density at radius 1 is 1.53 bits per heavy atom. The van der Waals surface area contributed by atoms with Crippen LogP contribution in [0.2, 0.25) is 0 Å². The molecule has 0 amide bonds. The fourth-order valence-corrected chi connectivity index (χ4v) is 1.52. The molecule has 6 N–H and O–H groups in total. The zero-order chi connectivity index (χ0) is 14.0. The number of halogens is 1. The highest BCUT2D eigenvalue weighted by atomic mass is 19.1. The van der Waals surface area contributed by atoms with Crippen LogP contribution in [0.5, 0.6) is 0 Å². The van der Waals surface area contributed by atoms with Crippen LogP contribution in [-0.4, -0.2) is 20.9 Å². The van der Waals surface area contributed by atoms with Gasteiger partial charge in [0.1, 0.15) is 5.82 Å². The van der Waals surface area contributed by atoms with Gasteiger partial charge in [-0.2, -0.15) is 10.2 Å². The largest absolute Gasteiger partial charge is 0.396 e. The third-order valence-corrected chi connectivity index (χ3v) is 2.51. The van der Waals surface area contributed by atoms with Gasteiger partial charge in [-0.1, -0.05) is 0 Å². The number of rotatable bonds is 2. The summed E-state index contributed by atoms with van der Waals surface area (Å²) in [5.41, 5.74) is 11.7. The van der Waals surface area contributed by atoms with Crippen LogP contribution in [0, 0.1) is 11.2 Å². The smallest absolute Gasteiger partial charge is 0.248 e. The van der Waals surface area contributed by atoms with Crippen LogP contribution in [0.15, 0.2) is 30.6 Å². The number of benzene rings is 1. The van der Waals surface area contributed by atoms with Crippen LogP contribution >= 0.6 is 0 Å². The van der Waals surface area contributed by atoms with E-state index in [1.54, 1.807) is 0 Å². The Balaban J connectivity index is 2.28. The van der Waals surface area contributed by atoms with E-state index in [-0.39, 0.29) is 23.8 Å². The Labute approximate surface area is 108 Å². The zero-order valence-corrected chi connectivity index (χ0v) is 9.92. The average Bonchev–Trinajstić information content (AvgIpc) is 2.84. The van der Waals surface area contributed by atoms with Crippen molar-refractivity contribution < 1.29 is 9.60 Å². The molecule has 8 heteroatoms. The number of anilines is 2. The van der Waals surface area contributed by atoms with E-state index in [1.165, 1.54) is 30.6 Å². The maximum absolute atomic E-state index is 13.3. The van der Waals surface area contributed by atoms with E-state index in [4.69, 9.17) is 16.9 Å². The summed E-state index contributed by atoms with van der Waals surface area (Å²) in [5, 5.41) is 22.0. The summed E-state index contributed by atoms with van der Waals surface area (Å²) in [6.07, 6.45) is 2.72. The normalized spacial score (nSPS) is 10.5. The molecule has 0 aliphatic rings. The van der Waals surface area contributed by atoms with Crippen molar-refractivity contribution in [3.05, 3.63) is 42.0 Å². The van der Waals surface area contributed by atoms with Gasteiger partial charge in [0.15, 0.2) is 0 Å². The first-order chi connectivity index (χ1) is 9.02. The molecule has 2 aromatic rings. The first-order valence-corrected chi connectivity index (χ1v) is 5.39. The molecule has 0 bridgehead atoms. The Bertz CT molecular complexity index is 611. The summed E-state index contributed by atoms with van der Waals surface area (Å²) < 4.78 is 14.4. The minimum atomic E-state index is -0.463. The molecule has 0 saturated heterocycles. The fourth-order valence-electron chi connectivity index (χ4n) is 1.52. The topological polar surface area (TPSA) is 117 Å². The standard InChI is InChI=1S/C11H13FN6O/c12-10-2-1-9(3-7(10)4-13)18(19)11(15)17-6-8(14)5-16-17/h1-3,5-6,15,19H,4,13-14H2. The summed E-state index contributed by atoms with van der Waals surface area (Å²) in [5.74, 6) is -0.805. The Kier molecular flexibility index (Phi) is 3.45. The van der Waals surface area contributed by atoms with Gasteiger partial charge < -0.3 is 11.5 Å². The van der Waals surface area contributed by atoms with E-state index in [2.05, 4.69) is 5.10 Å². The lowest BCUT2D eigenvalue weighted by Crippen LogP contribution is -2.32. The summed E-state index contributed by atoms with van der Waals surface area (Å²) in [6, 6.07) is 3.86. The van der Waals surface area contributed by atoms with E-state index in [0.717, 1.165) is 4.68 Å². The lowest BCUT2D eigenvalue weighted by atomic mass is 10.2. The van der Waals surface area contributed by atoms with Crippen molar-refractivity contribution in [2.75, 3.05) is 10.8 Å². The summed E-state index contributed by atoms with van der Waals surface area (Å²) in [6.45, 7) is -0.00440. The number of nitrogens with two attached hydrogens (primary N) is 2. The second-order valence-electron chi connectivity index (χ2n) is 3.83. The highest BCUT2D eigenvalue weighted by Gasteiger charge is 2.14. The first-order valence-electron chi connectivity index (χ1n) is 5.39. The van der Waals surface area contributed by atoms with E-state index in [9.17, 15) is 9.60 Å².